The molecule has 1 saturated heterocycles. The van der Waals surface area contributed by atoms with E-state index in [9.17, 15) is 9.59 Å². The van der Waals surface area contributed by atoms with Crippen molar-refractivity contribution in [2.45, 2.75) is 36.8 Å². The Balaban J connectivity index is 1.22. The molecule has 0 bridgehead atoms. The Morgan fingerprint density at radius 1 is 1.00 bits per heavy atom. The Labute approximate surface area is 174 Å². The zero-order chi connectivity index (χ0) is 20.1. The molecule has 2 heterocycles. The fourth-order valence-corrected chi connectivity index (χ4v) is 3.95. The topological polar surface area (TPSA) is 87.2 Å². The molecule has 0 spiro atoms. The van der Waals surface area contributed by atoms with Crippen molar-refractivity contribution in [1.82, 2.24) is 15.5 Å². The molecule has 2 aromatic rings. The molecule has 2 fully saturated rings. The summed E-state index contributed by atoms with van der Waals surface area (Å²) in [5.41, 5.74) is 0.786. The number of nitrogens with zero attached hydrogens (tertiary/aromatic N) is 3. The van der Waals surface area contributed by atoms with E-state index in [0.717, 1.165) is 55.3 Å². The molecule has 7 nitrogen and oxygen atoms in total. The minimum atomic E-state index is -0.0707. The van der Waals surface area contributed by atoms with E-state index in [4.69, 9.17) is 0 Å². The highest BCUT2D eigenvalue weighted by Gasteiger charge is 2.30. The molecule has 152 valence electrons. The number of piperidine rings is 1. The lowest BCUT2D eigenvalue weighted by atomic mass is 9.96. The fraction of sp³-hybridized carbons (Fsp3) is 0.429. The zero-order valence-corrected chi connectivity index (χ0v) is 17.0. The first-order valence-corrected chi connectivity index (χ1v) is 11.0. The minimum Gasteiger partial charge on any atom is -0.355 e. The maximum absolute atomic E-state index is 12.2. The number of amides is 2. The molecule has 1 aliphatic carbocycles. The summed E-state index contributed by atoms with van der Waals surface area (Å²) in [6, 6.07) is 13.7. The van der Waals surface area contributed by atoms with Gasteiger partial charge in [-0.05, 0) is 49.9 Å². The summed E-state index contributed by atoms with van der Waals surface area (Å²) < 4.78 is 0. The van der Waals surface area contributed by atoms with E-state index in [0.29, 0.717) is 6.04 Å². The number of hydrogen-bond donors (Lipinski definition) is 2. The normalized spacial score (nSPS) is 17.0. The summed E-state index contributed by atoms with van der Waals surface area (Å²) in [7, 11) is 0. The number of carbonyl (C=O) groups excluding carboxylic acids is 2. The van der Waals surface area contributed by atoms with Crippen LogP contribution in [0.3, 0.4) is 0 Å². The molecule has 2 amide bonds. The summed E-state index contributed by atoms with van der Waals surface area (Å²) in [6.07, 6.45) is 3.93. The number of benzene rings is 1. The van der Waals surface area contributed by atoms with Gasteiger partial charge < -0.3 is 15.5 Å². The maximum atomic E-state index is 12.2. The van der Waals surface area contributed by atoms with Crippen molar-refractivity contribution in [3.05, 3.63) is 42.5 Å². The van der Waals surface area contributed by atoms with Crippen molar-refractivity contribution in [2.75, 3.05) is 29.1 Å². The second-order valence-corrected chi connectivity index (χ2v) is 8.47. The standard InChI is InChI=1S/C21H25N5O2S/c27-19(22-16-4-2-1-3-5-16)14-29-20-9-8-18(24-25-20)26-12-10-15(11-13-26)21(28)23-17-6-7-17/h1-5,8-9,15,17H,6-7,10-14H2,(H,22,27)(H,23,28). The first-order chi connectivity index (χ1) is 14.2. The lowest BCUT2D eigenvalue weighted by molar-refractivity contribution is -0.125. The Morgan fingerprint density at radius 2 is 1.76 bits per heavy atom. The van der Waals surface area contributed by atoms with Crippen LogP contribution in [-0.2, 0) is 9.59 Å². The third-order valence-electron chi connectivity index (χ3n) is 5.15. The predicted octanol–water partition coefficient (Wildman–Crippen LogP) is 2.70. The van der Waals surface area contributed by atoms with Crippen LogP contribution in [0.2, 0.25) is 0 Å². The Hall–Kier alpha value is -2.61. The average Bonchev–Trinajstić information content (AvgIpc) is 3.57. The van der Waals surface area contributed by atoms with Crippen LogP contribution >= 0.6 is 11.8 Å². The van der Waals surface area contributed by atoms with Crippen LogP contribution < -0.4 is 15.5 Å². The van der Waals surface area contributed by atoms with Gasteiger partial charge in [-0.1, -0.05) is 30.0 Å². The number of nitrogens with one attached hydrogen (secondary N) is 2. The van der Waals surface area contributed by atoms with Gasteiger partial charge in [0.2, 0.25) is 11.8 Å². The van der Waals surface area contributed by atoms with Gasteiger partial charge in [0, 0.05) is 30.7 Å². The van der Waals surface area contributed by atoms with Gasteiger partial charge in [-0.3, -0.25) is 9.59 Å². The van der Waals surface area contributed by atoms with E-state index in [1.54, 1.807) is 0 Å². The van der Waals surface area contributed by atoms with Crippen molar-refractivity contribution in [2.24, 2.45) is 5.92 Å². The largest absolute Gasteiger partial charge is 0.355 e. The van der Waals surface area contributed by atoms with Gasteiger partial charge in [0.05, 0.1) is 5.75 Å². The zero-order valence-electron chi connectivity index (χ0n) is 16.2. The summed E-state index contributed by atoms with van der Waals surface area (Å²) in [5, 5.41) is 15.2. The minimum absolute atomic E-state index is 0.0707. The molecule has 1 saturated carbocycles. The van der Waals surface area contributed by atoms with E-state index < -0.39 is 0 Å². The van der Waals surface area contributed by atoms with Crippen molar-refractivity contribution in [3.63, 3.8) is 0 Å². The van der Waals surface area contributed by atoms with Crippen LogP contribution in [0.4, 0.5) is 11.5 Å². The lowest BCUT2D eigenvalue weighted by Crippen LogP contribution is -2.41. The summed E-state index contributed by atoms with van der Waals surface area (Å²) in [5.74, 6) is 1.35. The van der Waals surface area contributed by atoms with Crippen LogP contribution in [-0.4, -0.2) is 46.9 Å². The van der Waals surface area contributed by atoms with Crippen molar-refractivity contribution >= 4 is 35.1 Å². The number of hydrogen-bond acceptors (Lipinski definition) is 6. The summed E-state index contributed by atoms with van der Waals surface area (Å²) in [4.78, 5) is 26.4. The van der Waals surface area contributed by atoms with Gasteiger partial charge in [-0.25, -0.2) is 0 Å². The molecule has 8 heteroatoms. The summed E-state index contributed by atoms with van der Waals surface area (Å²) in [6.45, 7) is 1.62. The highest BCUT2D eigenvalue weighted by atomic mass is 32.2. The highest BCUT2D eigenvalue weighted by Crippen LogP contribution is 2.25. The van der Waals surface area contributed by atoms with Crippen LogP contribution in [0.15, 0.2) is 47.5 Å². The van der Waals surface area contributed by atoms with Crippen LogP contribution in [0.5, 0.6) is 0 Å². The summed E-state index contributed by atoms with van der Waals surface area (Å²) >= 11 is 1.36. The van der Waals surface area contributed by atoms with E-state index in [1.807, 2.05) is 42.5 Å². The molecule has 2 N–H and O–H groups in total. The van der Waals surface area contributed by atoms with Gasteiger partial charge in [0.1, 0.15) is 5.03 Å². The van der Waals surface area contributed by atoms with Crippen LogP contribution in [0.1, 0.15) is 25.7 Å². The molecule has 0 atom stereocenters. The molecule has 1 aliphatic heterocycles. The molecular formula is C21H25N5O2S. The Bertz CT molecular complexity index is 834. The third kappa shape index (κ3) is 5.69. The van der Waals surface area contributed by atoms with Crippen molar-refractivity contribution in [3.8, 4) is 0 Å². The number of anilines is 2. The highest BCUT2D eigenvalue weighted by molar-refractivity contribution is 7.99. The average molecular weight is 412 g/mol. The predicted molar refractivity (Wildman–Crippen MR) is 114 cm³/mol. The lowest BCUT2D eigenvalue weighted by Gasteiger charge is -2.31. The SMILES string of the molecule is O=C(CSc1ccc(N2CCC(C(=O)NC3CC3)CC2)nn1)Nc1ccccc1. The second-order valence-electron chi connectivity index (χ2n) is 7.48. The number of carbonyl (C=O) groups is 2. The monoisotopic (exact) mass is 411 g/mol. The Kier molecular flexibility index (Phi) is 6.29. The number of aromatic nitrogens is 2. The number of thioether (sulfide) groups is 1. The van der Waals surface area contributed by atoms with Crippen molar-refractivity contribution < 1.29 is 9.59 Å². The van der Waals surface area contributed by atoms with Gasteiger partial charge >= 0.3 is 0 Å². The molecule has 1 aromatic heterocycles. The molecule has 29 heavy (non-hydrogen) atoms. The van der Waals surface area contributed by atoms with Gasteiger partial charge in [-0.15, -0.1) is 10.2 Å². The number of para-hydroxylation sites is 1. The Morgan fingerprint density at radius 3 is 2.41 bits per heavy atom. The molecule has 0 unspecified atom stereocenters. The first kappa shape index (κ1) is 19.7. The molecule has 0 radical (unpaired) electrons. The maximum Gasteiger partial charge on any atom is 0.234 e. The van der Waals surface area contributed by atoms with Crippen LogP contribution in [0, 0.1) is 5.92 Å². The second kappa shape index (κ2) is 9.26. The molecule has 4 rings (SSSR count). The fourth-order valence-electron chi connectivity index (χ4n) is 3.33. The smallest absolute Gasteiger partial charge is 0.234 e. The molecule has 2 aliphatic rings. The van der Waals surface area contributed by atoms with E-state index in [1.165, 1.54) is 11.8 Å². The van der Waals surface area contributed by atoms with Gasteiger partial charge in [0.25, 0.3) is 0 Å². The first-order valence-electron chi connectivity index (χ1n) is 10.0. The van der Waals surface area contributed by atoms with Crippen molar-refractivity contribution in [1.29, 1.82) is 0 Å². The molecular weight excluding hydrogens is 386 g/mol. The molecule has 1 aromatic carbocycles. The van der Waals surface area contributed by atoms with E-state index in [2.05, 4.69) is 25.7 Å². The van der Waals surface area contributed by atoms with Gasteiger partial charge in [0.15, 0.2) is 5.82 Å². The van der Waals surface area contributed by atoms with Crippen LogP contribution in [0.25, 0.3) is 0 Å². The van der Waals surface area contributed by atoms with Gasteiger partial charge in [-0.2, -0.15) is 0 Å². The number of rotatable bonds is 7. The quantitative estimate of drug-likeness (QED) is 0.681. The van der Waals surface area contributed by atoms with E-state index >= 15 is 0 Å². The third-order valence-corrected chi connectivity index (χ3v) is 6.07. The van der Waals surface area contributed by atoms with E-state index in [-0.39, 0.29) is 23.5 Å².